The molecule has 3 heterocycles. The van der Waals surface area contributed by atoms with Crippen LogP contribution in [0.3, 0.4) is 0 Å². The average molecular weight is 332 g/mol. The Balaban J connectivity index is 2.02. The number of hydrogen-bond donors (Lipinski definition) is 2. The van der Waals surface area contributed by atoms with Gasteiger partial charge in [-0.1, -0.05) is 0 Å². The predicted molar refractivity (Wildman–Crippen MR) is 86.8 cm³/mol. The molecule has 0 amide bonds. The van der Waals surface area contributed by atoms with Crippen LogP contribution in [-0.4, -0.2) is 35.8 Å². The largest absolute Gasteiger partial charge is 0.477 e. The highest BCUT2D eigenvalue weighted by atomic mass is 32.1. The molecule has 2 N–H and O–H groups in total. The molecule has 3 rings (SSSR count). The summed E-state index contributed by atoms with van der Waals surface area (Å²) >= 11 is 1.15. The maximum atomic E-state index is 11.3. The van der Waals surface area contributed by atoms with Gasteiger partial charge in [0.15, 0.2) is 0 Å². The van der Waals surface area contributed by atoms with Gasteiger partial charge < -0.3 is 10.4 Å². The number of thiophene rings is 1. The number of anilines is 1. The fourth-order valence-electron chi connectivity index (χ4n) is 2.51. The summed E-state index contributed by atoms with van der Waals surface area (Å²) in [5, 5.41) is 17.5. The van der Waals surface area contributed by atoms with Gasteiger partial charge in [-0.3, -0.25) is 0 Å². The Morgan fingerprint density at radius 2 is 2.17 bits per heavy atom. The third-order valence-corrected chi connectivity index (χ3v) is 4.79. The summed E-state index contributed by atoms with van der Waals surface area (Å²) < 4.78 is 1.80. The lowest BCUT2D eigenvalue weighted by Gasteiger charge is -2.15. The van der Waals surface area contributed by atoms with E-state index in [0.717, 1.165) is 29.1 Å². The highest BCUT2D eigenvalue weighted by Crippen LogP contribution is 2.34. The lowest BCUT2D eigenvalue weighted by atomic mass is 10.2. The zero-order valence-corrected chi connectivity index (χ0v) is 13.8. The summed E-state index contributed by atoms with van der Waals surface area (Å²) in [5.74, 6) is 0.454. The number of carboxylic acid groups (broad SMARTS) is 1. The number of fused-ring (bicyclic) bond motifs is 1. The fourth-order valence-corrected chi connectivity index (χ4v) is 3.49. The summed E-state index contributed by atoms with van der Waals surface area (Å²) in [6.45, 7) is 6.46. The lowest BCUT2D eigenvalue weighted by molar-refractivity contribution is 0.0701. The second kappa shape index (κ2) is 5.92. The zero-order chi connectivity index (χ0) is 16.6. The minimum Gasteiger partial charge on any atom is -0.477 e. The van der Waals surface area contributed by atoms with Gasteiger partial charge in [0.25, 0.3) is 0 Å². The van der Waals surface area contributed by atoms with Crippen LogP contribution in [-0.2, 0) is 6.54 Å². The number of carboxylic acids is 1. The number of aromatic carboxylic acids is 1. The van der Waals surface area contributed by atoms with Gasteiger partial charge in [0.05, 0.1) is 11.4 Å². The van der Waals surface area contributed by atoms with Crippen molar-refractivity contribution in [3.05, 3.63) is 28.9 Å². The van der Waals surface area contributed by atoms with E-state index in [4.69, 9.17) is 0 Å². The molecule has 0 aliphatic rings. The summed E-state index contributed by atoms with van der Waals surface area (Å²) in [4.78, 5) is 25.0. The molecule has 0 aliphatic heterocycles. The quantitative estimate of drug-likeness (QED) is 0.739. The summed E-state index contributed by atoms with van der Waals surface area (Å²) in [6.07, 6.45) is 2.95. The molecule has 8 nitrogen and oxygen atoms in total. The van der Waals surface area contributed by atoms with E-state index in [1.807, 2.05) is 13.8 Å². The number of carbonyl (C=O) groups is 1. The molecule has 1 atom stereocenters. The summed E-state index contributed by atoms with van der Waals surface area (Å²) in [7, 11) is 0. The van der Waals surface area contributed by atoms with Gasteiger partial charge in [-0.2, -0.15) is 5.10 Å². The van der Waals surface area contributed by atoms with Crippen molar-refractivity contribution in [2.75, 3.05) is 5.32 Å². The molecule has 0 spiro atoms. The third kappa shape index (κ3) is 2.63. The standard InChI is InChI=1S/C14H16N6O2S/c1-4-20-12(16-6-18-20)8(3)19-11-9-7(2)10(14(21)22)23-13(9)17-5-15-11/h5-6,8H,4H2,1-3H3,(H,21,22)(H,15,17,19). The normalized spacial score (nSPS) is 12.5. The minimum absolute atomic E-state index is 0.122. The summed E-state index contributed by atoms with van der Waals surface area (Å²) in [6, 6.07) is -0.122. The number of nitrogens with zero attached hydrogens (tertiary/aromatic N) is 5. The van der Waals surface area contributed by atoms with Gasteiger partial charge in [-0.05, 0) is 26.3 Å². The van der Waals surface area contributed by atoms with Gasteiger partial charge in [0.2, 0.25) is 0 Å². The van der Waals surface area contributed by atoms with Crippen LogP contribution in [0.1, 0.15) is 40.9 Å². The molecule has 0 fully saturated rings. The van der Waals surface area contributed by atoms with E-state index in [1.54, 1.807) is 11.6 Å². The maximum absolute atomic E-state index is 11.3. The minimum atomic E-state index is -0.949. The first-order valence-electron chi connectivity index (χ1n) is 7.14. The number of hydrogen-bond acceptors (Lipinski definition) is 7. The Kier molecular flexibility index (Phi) is 3.95. The van der Waals surface area contributed by atoms with Crippen LogP contribution in [0.25, 0.3) is 10.2 Å². The Bertz CT molecular complexity index is 871. The molecule has 0 bridgehead atoms. The van der Waals surface area contributed by atoms with E-state index in [2.05, 4.69) is 25.4 Å². The Hall–Kier alpha value is -2.55. The first kappa shape index (κ1) is 15.3. The van der Waals surface area contributed by atoms with E-state index in [0.29, 0.717) is 16.2 Å². The molecule has 1 unspecified atom stereocenters. The molecular weight excluding hydrogens is 316 g/mol. The van der Waals surface area contributed by atoms with Crippen LogP contribution in [0, 0.1) is 6.92 Å². The van der Waals surface area contributed by atoms with Crippen molar-refractivity contribution >= 4 is 33.3 Å². The van der Waals surface area contributed by atoms with Crippen molar-refractivity contribution < 1.29 is 9.90 Å². The molecule has 9 heteroatoms. The predicted octanol–water partition coefficient (Wildman–Crippen LogP) is 2.48. The second-order valence-electron chi connectivity index (χ2n) is 5.06. The SMILES string of the molecule is CCn1ncnc1C(C)Nc1ncnc2sc(C(=O)O)c(C)c12. The van der Waals surface area contributed by atoms with Crippen LogP contribution in [0.2, 0.25) is 0 Å². The van der Waals surface area contributed by atoms with Gasteiger partial charge in [0, 0.05) is 6.54 Å². The number of rotatable bonds is 5. The van der Waals surface area contributed by atoms with Gasteiger partial charge >= 0.3 is 5.97 Å². The lowest BCUT2D eigenvalue weighted by Crippen LogP contribution is -2.15. The van der Waals surface area contributed by atoms with Crippen molar-refractivity contribution in [1.82, 2.24) is 24.7 Å². The molecule has 0 radical (unpaired) electrons. The molecule has 0 saturated carbocycles. The Morgan fingerprint density at radius 1 is 1.39 bits per heavy atom. The third-order valence-electron chi connectivity index (χ3n) is 3.61. The molecule has 0 aliphatic carbocycles. The molecule has 0 saturated heterocycles. The fraction of sp³-hybridized carbons (Fsp3) is 0.357. The van der Waals surface area contributed by atoms with E-state index >= 15 is 0 Å². The Labute approximate surface area is 136 Å². The van der Waals surface area contributed by atoms with Crippen molar-refractivity contribution in [1.29, 1.82) is 0 Å². The average Bonchev–Trinajstić information content (AvgIpc) is 3.12. The van der Waals surface area contributed by atoms with E-state index in [-0.39, 0.29) is 10.9 Å². The summed E-state index contributed by atoms with van der Waals surface area (Å²) in [5.41, 5.74) is 0.671. The van der Waals surface area contributed by atoms with Crippen LogP contribution in [0.5, 0.6) is 0 Å². The van der Waals surface area contributed by atoms with Gasteiger partial charge in [-0.25, -0.2) is 24.4 Å². The topological polar surface area (TPSA) is 106 Å². The van der Waals surface area contributed by atoms with E-state index in [9.17, 15) is 9.90 Å². The van der Waals surface area contributed by atoms with E-state index < -0.39 is 5.97 Å². The van der Waals surface area contributed by atoms with Crippen molar-refractivity contribution in [3.8, 4) is 0 Å². The molecule has 3 aromatic heterocycles. The smallest absolute Gasteiger partial charge is 0.346 e. The van der Waals surface area contributed by atoms with E-state index in [1.165, 1.54) is 12.7 Å². The number of nitrogens with one attached hydrogen (secondary N) is 1. The number of aryl methyl sites for hydroxylation is 2. The monoisotopic (exact) mass is 332 g/mol. The molecule has 120 valence electrons. The zero-order valence-electron chi connectivity index (χ0n) is 12.9. The molecule has 0 aromatic carbocycles. The van der Waals surface area contributed by atoms with Crippen LogP contribution in [0.15, 0.2) is 12.7 Å². The first-order chi connectivity index (χ1) is 11.0. The molecular formula is C14H16N6O2S. The highest BCUT2D eigenvalue weighted by molar-refractivity contribution is 7.20. The first-order valence-corrected chi connectivity index (χ1v) is 7.96. The van der Waals surface area contributed by atoms with Crippen molar-refractivity contribution in [3.63, 3.8) is 0 Å². The van der Waals surface area contributed by atoms with Crippen molar-refractivity contribution in [2.45, 2.75) is 33.4 Å². The van der Waals surface area contributed by atoms with Gasteiger partial charge in [-0.15, -0.1) is 11.3 Å². The number of aromatic nitrogens is 5. The Morgan fingerprint density at radius 3 is 2.87 bits per heavy atom. The second-order valence-corrected chi connectivity index (χ2v) is 6.06. The molecule has 3 aromatic rings. The maximum Gasteiger partial charge on any atom is 0.346 e. The van der Waals surface area contributed by atoms with Crippen LogP contribution >= 0.6 is 11.3 Å². The van der Waals surface area contributed by atoms with Crippen molar-refractivity contribution in [2.24, 2.45) is 0 Å². The molecule has 23 heavy (non-hydrogen) atoms. The van der Waals surface area contributed by atoms with Gasteiger partial charge in [0.1, 0.15) is 34.0 Å². The highest BCUT2D eigenvalue weighted by Gasteiger charge is 2.20. The van der Waals surface area contributed by atoms with Crippen LogP contribution in [0.4, 0.5) is 5.82 Å². The van der Waals surface area contributed by atoms with Crippen LogP contribution < -0.4 is 5.32 Å².